The van der Waals surface area contributed by atoms with Gasteiger partial charge >= 0.3 is 0 Å². The highest BCUT2D eigenvalue weighted by molar-refractivity contribution is 5.11. The number of benzene rings is 1. The summed E-state index contributed by atoms with van der Waals surface area (Å²) in [6.07, 6.45) is 0. The number of hydrogen-bond acceptors (Lipinski definition) is 0. The summed E-state index contributed by atoms with van der Waals surface area (Å²) in [7, 11) is 0. The molecule has 0 spiro atoms. The van der Waals surface area contributed by atoms with Crippen LogP contribution in [0, 0.1) is 6.92 Å². The monoisotopic (exact) mass is 150 g/mol. The van der Waals surface area contributed by atoms with Gasteiger partial charge in [0, 0.05) is 0 Å². The predicted molar refractivity (Wildman–Crippen MR) is 53.8 cm³/mol. The second kappa shape index (κ2) is 11.7. The van der Waals surface area contributed by atoms with E-state index in [1.807, 2.05) is 32.0 Å². The topological polar surface area (TPSA) is 0 Å². The van der Waals surface area contributed by atoms with E-state index >= 15 is 0 Å². The molecule has 0 saturated heterocycles. The van der Waals surface area contributed by atoms with Crippen LogP contribution in [0.3, 0.4) is 0 Å². The number of hydrogen-bond donors (Lipinski definition) is 0. The Kier molecular flexibility index (Phi) is 13.4. The van der Waals surface area contributed by atoms with Gasteiger partial charge in [-0.15, -0.1) is 13.2 Å². The number of rotatable bonds is 0. The Labute approximate surface area is 70.6 Å². The van der Waals surface area contributed by atoms with Crippen LogP contribution in [0.1, 0.15) is 19.4 Å². The molecular weight excluding hydrogens is 132 g/mol. The molecule has 1 rings (SSSR count). The predicted octanol–water partition coefficient (Wildman–Crippen LogP) is 3.82. The molecule has 0 bridgehead atoms. The molecule has 0 heterocycles. The zero-order chi connectivity index (χ0) is 9.11. The van der Waals surface area contributed by atoms with Crippen molar-refractivity contribution < 1.29 is 0 Å². The Hall–Kier alpha value is -1.04. The zero-order valence-corrected chi connectivity index (χ0v) is 7.80. The fourth-order valence-corrected chi connectivity index (χ4v) is 0.534. The van der Waals surface area contributed by atoms with E-state index in [1.54, 1.807) is 0 Å². The Morgan fingerprint density at radius 3 is 1.45 bits per heavy atom. The molecule has 0 aliphatic heterocycles. The van der Waals surface area contributed by atoms with Crippen molar-refractivity contribution in [2.24, 2.45) is 0 Å². The van der Waals surface area contributed by atoms with Crippen molar-refractivity contribution >= 4 is 0 Å². The Morgan fingerprint density at radius 2 is 1.27 bits per heavy atom. The standard InChI is InChI=1S/C7H8.C2H6.C2H4/c1-7-5-3-2-4-6-7;2*1-2/h2-6H,1H3;1-2H3;1-2H2. The summed E-state index contributed by atoms with van der Waals surface area (Å²) < 4.78 is 0. The molecule has 0 N–H and O–H groups in total. The molecule has 11 heavy (non-hydrogen) atoms. The molecule has 0 amide bonds. The molecule has 0 aliphatic carbocycles. The maximum Gasteiger partial charge on any atom is -0.0398 e. The van der Waals surface area contributed by atoms with Crippen molar-refractivity contribution in [1.82, 2.24) is 0 Å². The van der Waals surface area contributed by atoms with Gasteiger partial charge in [-0.05, 0) is 6.92 Å². The molecule has 0 radical (unpaired) electrons. The zero-order valence-electron chi connectivity index (χ0n) is 7.80. The molecule has 0 heteroatoms. The van der Waals surface area contributed by atoms with Crippen LogP contribution >= 0.6 is 0 Å². The van der Waals surface area contributed by atoms with E-state index in [4.69, 9.17) is 0 Å². The summed E-state index contributed by atoms with van der Waals surface area (Å²) in [6, 6.07) is 10.3. The molecular formula is C11H18. The van der Waals surface area contributed by atoms with Crippen molar-refractivity contribution in [2.45, 2.75) is 20.8 Å². The van der Waals surface area contributed by atoms with E-state index in [0.717, 1.165) is 0 Å². The van der Waals surface area contributed by atoms with Gasteiger partial charge in [0.15, 0.2) is 0 Å². The first-order valence-corrected chi connectivity index (χ1v) is 3.91. The van der Waals surface area contributed by atoms with E-state index in [0.29, 0.717) is 0 Å². The van der Waals surface area contributed by atoms with E-state index < -0.39 is 0 Å². The van der Waals surface area contributed by atoms with Crippen LogP contribution < -0.4 is 0 Å². The van der Waals surface area contributed by atoms with Gasteiger partial charge in [0.1, 0.15) is 0 Å². The van der Waals surface area contributed by atoms with Crippen molar-refractivity contribution in [3.8, 4) is 0 Å². The molecule has 0 nitrogen and oxygen atoms in total. The average molecular weight is 150 g/mol. The van der Waals surface area contributed by atoms with Crippen LogP contribution in [-0.4, -0.2) is 0 Å². The first-order chi connectivity index (χ1) is 5.39. The first kappa shape index (κ1) is 12.6. The molecule has 1 aromatic carbocycles. The smallest absolute Gasteiger partial charge is 0.0398 e. The van der Waals surface area contributed by atoms with Gasteiger partial charge in [-0.2, -0.15) is 0 Å². The van der Waals surface area contributed by atoms with Crippen LogP contribution in [0.15, 0.2) is 43.5 Å². The van der Waals surface area contributed by atoms with E-state index in [1.165, 1.54) is 5.56 Å². The minimum Gasteiger partial charge on any atom is -0.106 e. The quantitative estimate of drug-likeness (QED) is 0.493. The molecule has 0 atom stereocenters. The van der Waals surface area contributed by atoms with Gasteiger partial charge in [0.05, 0.1) is 0 Å². The molecule has 1 aromatic rings. The van der Waals surface area contributed by atoms with Gasteiger partial charge in [-0.25, -0.2) is 0 Å². The summed E-state index contributed by atoms with van der Waals surface area (Å²) in [6.45, 7) is 12.1. The largest absolute Gasteiger partial charge is 0.106 e. The summed E-state index contributed by atoms with van der Waals surface area (Å²) in [5, 5.41) is 0. The van der Waals surface area contributed by atoms with Crippen molar-refractivity contribution in [3.05, 3.63) is 49.1 Å². The highest BCUT2D eigenvalue weighted by Crippen LogP contribution is 1.92. The van der Waals surface area contributed by atoms with E-state index in [9.17, 15) is 0 Å². The first-order valence-electron chi connectivity index (χ1n) is 3.91. The Morgan fingerprint density at radius 1 is 0.909 bits per heavy atom. The molecule has 62 valence electrons. The molecule has 0 saturated carbocycles. The lowest BCUT2D eigenvalue weighted by atomic mass is 10.2. The highest BCUT2D eigenvalue weighted by Gasteiger charge is 1.72. The van der Waals surface area contributed by atoms with Crippen molar-refractivity contribution in [1.29, 1.82) is 0 Å². The Bertz CT molecular complexity index is 141. The fraction of sp³-hybridized carbons (Fsp3) is 0.273. The lowest BCUT2D eigenvalue weighted by Gasteiger charge is -1.82. The van der Waals surface area contributed by atoms with Crippen LogP contribution in [0.5, 0.6) is 0 Å². The van der Waals surface area contributed by atoms with E-state index in [-0.39, 0.29) is 0 Å². The van der Waals surface area contributed by atoms with Crippen LogP contribution in [0.2, 0.25) is 0 Å². The maximum atomic E-state index is 3.00. The fourth-order valence-electron chi connectivity index (χ4n) is 0.534. The summed E-state index contributed by atoms with van der Waals surface area (Å²) in [4.78, 5) is 0. The van der Waals surface area contributed by atoms with Crippen molar-refractivity contribution in [2.75, 3.05) is 0 Å². The second-order valence-electron chi connectivity index (χ2n) is 1.65. The average Bonchev–Trinajstić information content (AvgIpc) is 2.13. The third kappa shape index (κ3) is 8.96. The van der Waals surface area contributed by atoms with Gasteiger partial charge in [0.2, 0.25) is 0 Å². The summed E-state index contributed by atoms with van der Waals surface area (Å²) >= 11 is 0. The molecule has 0 aliphatic rings. The van der Waals surface area contributed by atoms with Crippen LogP contribution in [-0.2, 0) is 0 Å². The Balaban J connectivity index is 0. The molecule has 0 fully saturated rings. The second-order valence-corrected chi connectivity index (χ2v) is 1.65. The van der Waals surface area contributed by atoms with Crippen LogP contribution in [0.25, 0.3) is 0 Å². The highest BCUT2D eigenvalue weighted by atomic mass is 13.8. The number of aryl methyl sites for hydroxylation is 1. The van der Waals surface area contributed by atoms with E-state index in [2.05, 4.69) is 32.2 Å². The lowest BCUT2D eigenvalue weighted by Crippen LogP contribution is -1.62. The summed E-state index contributed by atoms with van der Waals surface area (Å²) in [5.41, 5.74) is 1.32. The van der Waals surface area contributed by atoms with Gasteiger partial charge < -0.3 is 0 Å². The van der Waals surface area contributed by atoms with Gasteiger partial charge in [-0.1, -0.05) is 49.7 Å². The van der Waals surface area contributed by atoms with Gasteiger partial charge in [-0.3, -0.25) is 0 Å². The molecule has 0 unspecified atom stereocenters. The summed E-state index contributed by atoms with van der Waals surface area (Å²) in [5.74, 6) is 0. The SMILES string of the molecule is C=C.CC.Cc1ccccc1. The van der Waals surface area contributed by atoms with Gasteiger partial charge in [0.25, 0.3) is 0 Å². The van der Waals surface area contributed by atoms with Crippen LogP contribution in [0.4, 0.5) is 0 Å². The molecule has 0 aromatic heterocycles. The normalized spacial score (nSPS) is 6.45. The van der Waals surface area contributed by atoms with Crippen molar-refractivity contribution in [3.63, 3.8) is 0 Å². The lowest BCUT2D eigenvalue weighted by molar-refractivity contribution is 1.48. The minimum atomic E-state index is 1.32. The maximum absolute atomic E-state index is 3.00. The third-order valence-corrected chi connectivity index (χ3v) is 0.940. The minimum absolute atomic E-state index is 1.32. The third-order valence-electron chi connectivity index (χ3n) is 0.940.